The zero-order valence-corrected chi connectivity index (χ0v) is 13.5. The van der Waals surface area contributed by atoms with E-state index < -0.39 is 0 Å². The van der Waals surface area contributed by atoms with Crippen molar-refractivity contribution in [3.8, 4) is 11.3 Å². The molecular weight excluding hydrogens is 328 g/mol. The molecule has 3 rings (SSSR count). The Morgan fingerprint density at radius 2 is 1.76 bits per heavy atom. The summed E-state index contributed by atoms with van der Waals surface area (Å²) in [7, 11) is 0. The van der Waals surface area contributed by atoms with Crippen LogP contribution in [0, 0.1) is 0 Å². The Bertz CT molecular complexity index is 621. The van der Waals surface area contributed by atoms with Gasteiger partial charge < -0.3 is 10.6 Å². The SMILES string of the molecule is Nc1cc(-c2cccc(Br)c2)nc(N2CCCCCC2)n1. The van der Waals surface area contributed by atoms with Gasteiger partial charge in [0, 0.05) is 29.2 Å². The number of nitrogen functional groups attached to an aromatic ring is 1. The third-order valence-corrected chi connectivity index (χ3v) is 4.24. The van der Waals surface area contributed by atoms with E-state index in [0.717, 1.165) is 34.8 Å². The highest BCUT2D eigenvalue weighted by Gasteiger charge is 2.14. The lowest BCUT2D eigenvalue weighted by atomic mass is 10.1. The minimum atomic E-state index is 0.527. The predicted molar refractivity (Wildman–Crippen MR) is 90.3 cm³/mol. The molecule has 0 bridgehead atoms. The first-order chi connectivity index (χ1) is 10.2. The highest BCUT2D eigenvalue weighted by Crippen LogP contribution is 2.25. The maximum absolute atomic E-state index is 5.99. The van der Waals surface area contributed by atoms with Crippen LogP contribution in [-0.2, 0) is 0 Å². The summed E-state index contributed by atoms with van der Waals surface area (Å²) in [5.74, 6) is 1.28. The molecule has 1 fully saturated rings. The lowest BCUT2D eigenvalue weighted by molar-refractivity contribution is 0.726. The number of anilines is 2. The van der Waals surface area contributed by atoms with Crippen molar-refractivity contribution in [2.75, 3.05) is 23.7 Å². The predicted octanol–water partition coefficient (Wildman–Crippen LogP) is 3.87. The average molecular weight is 347 g/mol. The molecule has 0 spiro atoms. The van der Waals surface area contributed by atoms with Crippen molar-refractivity contribution in [3.63, 3.8) is 0 Å². The highest BCUT2D eigenvalue weighted by atomic mass is 79.9. The van der Waals surface area contributed by atoms with Gasteiger partial charge in [0.25, 0.3) is 0 Å². The summed E-state index contributed by atoms with van der Waals surface area (Å²) < 4.78 is 1.04. The monoisotopic (exact) mass is 346 g/mol. The molecule has 1 saturated heterocycles. The van der Waals surface area contributed by atoms with E-state index >= 15 is 0 Å². The van der Waals surface area contributed by atoms with E-state index in [-0.39, 0.29) is 0 Å². The summed E-state index contributed by atoms with van der Waals surface area (Å²) in [4.78, 5) is 11.4. The fourth-order valence-corrected chi connectivity index (χ4v) is 3.06. The zero-order valence-electron chi connectivity index (χ0n) is 11.9. The van der Waals surface area contributed by atoms with E-state index in [4.69, 9.17) is 10.7 Å². The first kappa shape index (κ1) is 14.3. The zero-order chi connectivity index (χ0) is 14.7. The lowest BCUT2D eigenvalue weighted by Gasteiger charge is -2.21. The Morgan fingerprint density at radius 1 is 1.00 bits per heavy atom. The number of aromatic nitrogens is 2. The van der Waals surface area contributed by atoms with Crippen LogP contribution in [0.4, 0.5) is 11.8 Å². The molecule has 0 saturated carbocycles. The van der Waals surface area contributed by atoms with Gasteiger partial charge in [0.15, 0.2) is 0 Å². The molecule has 0 radical (unpaired) electrons. The van der Waals surface area contributed by atoms with Crippen molar-refractivity contribution in [1.82, 2.24) is 9.97 Å². The van der Waals surface area contributed by atoms with Crippen LogP contribution in [0.2, 0.25) is 0 Å². The fraction of sp³-hybridized carbons (Fsp3) is 0.375. The summed E-state index contributed by atoms with van der Waals surface area (Å²) >= 11 is 3.50. The van der Waals surface area contributed by atoms with Gasteiger partial charge in [0.1, 0.15) is 5.82 Å². The molecule has 0 amide bonds. The standard InChI is InChI=1S/C16H19BrN4/c17-13-7-5-6-12(10-13)14-11-15(18)20-16(19-14)21-8-3-1-2-4-9-21/h5-7,10-11H,1-4,8-9H2,(H2,18,19,20). The molecular formula is C16H19BrN4. The summed E-state index contributed by atoms with van der Waals surface area (Å²) in [6.07, 6.45) is 4.98. The molecule has 5 heteroatoms. The van der Waals surface area contributed by atoms with Crippen LogP contribution in [0.25, 0.3) is 11.3 Å². The van der Waals surface area contributed by atoms with Crippen molar-refractivity contribution in [2.24, 2.45) is 0 Å². The van der Waals surface area contributed by atoms with Crippen LogP contribution < -0.4 is 10.6 Å². The van der Waals surface area contributed by atoms with E-state index in [9.17, 15) is 0 Å². The number of nitrogens with two attached hydrogens (primary N) is 1. The number of nitrogens with zero attached hydrogens (tertiary/aromatic N) is 3. The van der Waals surface area contributed by atoms with Crippen LogP contribution in [0.3, 0.4) is 0 Å². The number of halogens is 1. The molecule has 0 atom stereocenters. The molecule has 0 aliphatic carbocycles. The van der Waals surface area contributed by atoms with Crippen LogP contribution in [-0.4, -0.2) is 23.1 Å². The molecule has 2 N–H and O–H groups in total. The van der Waals surface area contributed by atoms with Gasteiger partial charge >= 0.3 is 0 Å². The molecule has 1 aromatic heterocycles. The Morgan fingerprint density at radius 3 is 2.48 bits per heavy atom. The molecule has 21 heavy (non-hydrogen) atoms. The Hall–Kier alpha value is -1.62. The number of benzene rings is 1. The van der Waals surface area contributed by atoms with Gasteiger partial charge in [0.05, 0.1) is 5.69 Å². The largest absolute Gasteiger partial charge is 0.384 e. The Kier molecular flexibility index (Phi) is 4.39. The third kappa shape index (κ3) is 3.53. The summed E-state index contributed by atoms with van der Waals surface area (Å²) in [6.45, 7) is 2.03. The van der Waals surface area contributed by atoms with Gasteiger partial charge in [-0.15, -0.1) is 0 Å². The molecule has 0 unspecified atom stereocenters. The topological polar surface area (TPSA) is 55.0 Å². The second-order valence-electron chi connectivity index (χ2n) is 5.39. The van der Waals surface area contributed by atoms with E-state index in [1.165, 1.54) is 25.7 Å². The minimum absolute atomic E-state index is 0.527. The van der Waals surface area contributed by atoms with Gasteiger partial charge in [-0.2, -0.15) is 4.98 Å². The average Bonchev–Trinajstić information content (AvgIpc) is 2.76. The van der Waals surface area contributed by atoms with Crippen molar-refractivity contribution in [1.29, 1.82) is 0 Å². The second kappa shape index (κ2) is 6.43. The highest BCUT2D eigenvalue weighted by molar-refractivity contribution is 9.10. The first-order valence-corrected chi connectivity index (χ1v) is 8.17. The van der Waals surface area contributed by atoms with Crippen LogP contribution in [0.5, 0.6) is 0 Å². The van der Waals surface area contributed by atoms with Gasteiger partial charge in [-0.3, -0.25) is 0 Å². The van der Waals surface area contributed by atoms with E-state index in [1.807, 2.05) is 30.3 Å². The molecule has 1 aromatic carbocycles. The van der Waals surface area contributed by atoms with E-state index in [0.29, 0.717) is 5.82 Å². The van der Waals surface area contributed by atoms with E-state index in [1.54, 1.807) is 0 Å². The molecule has 2 aromatic rings. The van der Waals surface area contributed by atoms with Crippen LogP contribution in [0.15, 0.2) is 34.8 Å². The molecule has 1 aliphatic heterocycles. The summed E-state index contributed by atoms with van der Waals surface area (Å²) in [5.41, 5.74) is 7.92. The van der Waals surface area contributed by atoms with Gasteiger partial charge in [-0.1, -0.05) is 40.9 Å². The van der Waals surface area contributed by atoms with Crippen molar-refractivity contribution in [3.05, 3.63) is 34.8 Å². The maximum Gasteiger partial charge on any atom is 0.227 e. The molecule has 4 nitrogen and oxygen atoms in total. The maximum atomic E-state index is 5.99. The molecule has 1 aliphatic rings. The lowest BCUT2D eigenvalue weighted by Crippen LogP contribution is -2.26. The van der Waals surface area contributed by atoms with Gasteiger partial charge in [-0.25, -0.2) is 4.98 Å². The summed E-state index contributed by atoms with van der Waals surface area (Å²) in [6, 6.07) is 9.93. The Labute approximate surface area is 133 Å². The molecule has 110 valence electrons. The number of hydrogen-bond acceptors (Lipinski definition) is 4. The minimum Gasteiger partial charge on any atom is -0.384 e. The Balaban J connectivity index is 1.95. The van der Waals surface area contributed by atoms with Crippen LogP contribution in [0.1, 0.15) is 25.7 Å². The van der Waals surface area contributed by atoms with Gasteiger partial charge in [-0.05, 0) is 25.0 Å². The fourth-order valence-electron chi connectivity index (χ4n) is 2.66. The number of hydrogen-bond donors (Lipinski definition) is 1. The quantitative estimate of drug-likeness (QED) is 0.896. The van der Waals surface area contributed by atoms with Crippen molar-refractivity contribution >= 4 is 27.7 Å². The van der Waals surface area contributed by atoms with Gasteiger partial charge in [0.2, 0.25) is 5.95 Å². The van der Waals surface area contributed by atoms with Crippen molar-refractivity contribution < 1.29 is 0 Å². The smallest absolute Gasteiger partial charge is 0.227 e. The third-order valence-electron chi connectivity index (χ3n) is 3.74. The second-order valence-corrected chi connectivity index (χ2v) is 6.31. The molecule has 2 heterocycles. The summed E-state index contributed by atoms with van der Waals surface area (Å²) in [5, 5.41) is 0. The van der Waals surface area contributed by atoms with Crippen molar-refractivity contribution in [2.45, 2.75) is 25.7 Å². The normalized spacial score (nSPS) is 15.8. The number of rotatable bonds is 2. The van der Waals surface area contributed by atoms with E-state index in [2.05, 4.69) is 25.8 Å². The van der Waals surface area contributed by atoms with Crippen LogP contribution >= 0.6 is 15.9 Å². The first-order valence-electron chi connectivity index (χ1n) is 7.38.